The summed E-state index contributed by atoms with van der Waals surface area (Å²) in [5, 5.41) is 3.13. The third-order valence-electron chi connectivity index (χ3n) is 2.55. The highest BCUT2D eigenvalue weighted by molar-refractivity contribution is 5.95. The Labute approximate surface area is 119 Å². The van der Waals surface area contributed by atoms with Crippen LogP contribution in [0, 0.1) is 0 Å². The number of carbonyl (C=O) groups is 1. The highest BCUT2D eigenvalue weighted by Gasteiger charge is 2.12. The molecule has 6 heteroatoms. The standard InChI is InChI=1S/C14H23N3O3/c1-3-7-19-8-5-6-16-13-9-11(12(15)10-17-13)14(18)20-4-2/h9-10H,3-8,15H2,1-2H3,(H,16,17). The van der Waals surface area contributed by atoms with E-state index < -0.39 is 5.97 Å². The topological polar surface area (TPSA) is 86.5 Å². The fraction of sp³-hybridized carbons (Fsp3) is 0.571. The summed E-state index contributed by atoms with van der Waals surface area (Å²) in [5.74, 6) is 0.180. The summed E-state index contributed by atoms with van der Waals surface area (Å²) in [6, 6.07) is 1.61. The van der Waals surface area contributed by atoms with E-state index in [0.29, 0.717) is 30.3 Å². The van der Waals surface area contributed by atoms with Gasteiger partial charge in [-0.05, 0) is 25.8 Å². The van der Waals surface area contributed by atoms with Crippen molar-refractivity contribution in [2.45, 2.75) is 26.7 Å². The minimum atomic E-state index is -0.429. The zero-order valence-electron chi connectivity index (χ0n) is 12.1. The van der Waals surface area contributed by atoms with Crippen LogP contribution in [-0.2, 0) is 9.47 Å². The van der Waals surface area contributed by atoms with Gasteiger partial charge in [-0.25, -0.2) is 9.78 Å². The number of anilines is 2. The molecule has 0 amide bonds. The maximum atomic E-state index is 11.7. The quantitative estimate of drug-likeness (QED) is 0.532. The van der Waals surface area contributed by atoms with Crippen molar-refractivity contribution in [3.63, 3.8) is 0 Å². The van der Waals surface area contributed by atoms with Crippen molar-refractivity contribution >= 4 is 17.5 Å². The van der Waals surface area contributed by atoms with Gasteiger partial charge in [0, 0.05) is 19.8 Å². The van der Waals surface area contributed by atoms with E-state index in [1.54, 1.807) is 13.0 Å². The summed E-state index contributed by atoms with van der Waals surface area (Å²) < 4.78 is 10.3. The Bertz CT molecular complexity index is 424. The predicted octanol–water partition coefficient (Wildman–Crippen LogP) is 2.07. The van der Waals surface area contributed by atoms with E-state index in [2.05, 4.69) is 17.2 Å². The number of pyridine rings is 1. The van der Waals surface area contributed by atoms with E-state index in [1.165, 1.54) is 6.20 Å². The molecule has 1 rings (SSSR count). The lowest BCUT2D eigenvalue weighted by Gasteiger charge is -2.09. The summed E-state index contributed by atoms with van der Waals surface area (Å²) in [6.45, 7) is 6.37. The highest BCUT2D eigenvalue weighted by atomic mass is 16.5. The van der Waals surface area contributed by atoms with Crippen LogP contribution < -0.4 is 11.1 Å². The lowest BCUT2D eigenvalue weighted by molar-refractivity contribution is 0.0527. The Morgan fingerprint density at radius 1 is 1.40 bits per heavy atom. The fourth-order valence-corrected chi connectivity index (χ4v) is 1.59. The molecule has 0 unspecified atom stereocenters. The van der Waals surface area contributed by atoms with Crippen LogP contribution in [0.2, 0.25) is 0 Å². The van der Waals surface area contributed by atoms with Gasteiger partial charge in [0.05, 0.1) is 24.1 Å². The molecule has 1 aromatic rings. The monoisotopic (exact) mass is 281 g/mol. The van der Waals surface area contributed by atoms with Crippen LogP contribution in [0.25, 0.3) is 0 Å². The van der Waals surface area contributed by atoms with Crippen molar-refractivity contribution < 1.29 is 14.3 Å². The SMILES string of the molecule is CCCOCCCNc1cc(C(=O)OCC)c(N)cn1. The number of hydrogen-bond acceptors (Lipinski definition) is 6. The molecule has 0 aliphatic rings. The van der Waals surface area contributed by atoms with E-state index in [0.717, 1.165) is 26.0 Å². The zero-order valence-corrected chi connectivity index (χ0v) is 12.1. The molecule has 1 aromatic heterocycles. The third kappa shape index (κ3) is 5.44. The molecule has 0 spiro atoms. The number of ether oxygens (including phenoxy) is 2. The summed E-state index contributed by atoms with van der Waals surface area (Å²) in [4.78, 5) is 15.8. The molecule has 0 bridgehead atoms. The normalized spacial score (nSPS) is 10.3. The minimum Gasteiger partial charge on any atom is -0.462 e. The average molecular weight is 281 g/mol. The molecule has 0 saturated carbocycles. The molecule has 6 nitrogen and oxygen atoms in total. The maximum Gasteiger partial charge on any atom is 0.340 e. The molecule has 0 fully saturated rings. The van der Waals surface area contributed by atoms with E-state index in [1.807, 2.05) is 0 Å². The Morgan fingerprint density at radius 3 is 2.90 bits per heavy atom. The van der Waals surface area contributed by atoms with Crippen LogP contribution in [-0.4, -0.2) is 37.3 Å². The summed E-state index contributed by atoms with van der Waals surface area (Å²) in [5.41, 5.74) is 6.38. The number of esters is 1. The van der Waals surface area contributed by atoms with Crippen LogP contribution in [0.15, 0.2) is 12.3 Å². The molecule has 0 atom stereocenters. The zero-order chi connectivity index (χ0) is 14.8. The van der Waals surface area contributed by atoms with Crippen molar-refractivity contribution in [1.29, 1.82) is 0 Å². The molecule has 20 heavy (non-hydrogen) atoms. The second-order valence-electron chi connectivity index (χ2n) is 4.27. The molecule has 1 heterocycles. The fourth-order valence-electron chi connectivity index (χ4n) is 1.59. The summed E-state index contributed by atoms with van der Waals surface area (Å²) in [6.07, 6.45) is 3.36. The van der Waals surface area contributed by atoms with Crippen molar-refractivity contribution in [3.05, 3.63) is 17.8 Å². The van der Waals surface area contributed by atoms with Crippen LogP contribution in [0.4, 0.5) is 11.5 Å². The van der Waals surface area contributed by atoms with E-state index in [-0.39, 0.29) is 0 Å². The first-order chi connectivity index (χ1) is 9.69. The molecule has 0 aromatic carbocycles. The average Bonchev–Trinajstić information content (AvgIpc) is 2.44. The minimum absolute atomic E-state index is 0.318. The molecule has 3 N–H and O–H groups in total. The smallest absolute Gasteiger partial charge is 0.340 e. The largest absolute Gasteiger partial charge is 0.462 e. The second-order valence-corrected chi connectivity index (χ2v) is 4.27. The second kappa shape index (κ2) is 9.14. The van der Waals surface area contributed by atoms with Gasteiger partial charge in [-0.3, -0.25) is 0 Å². The van der Waals surface area contributed by atoms with Gasteiger partial charge in [0.1, 0.15) is 5.82 Å². The number of rotatable bonds is 9. The highest BCUT2D eigenvalue weighted by Crippen LogP contribution is 2.16. The first kappa shape index (κ1) is 16.2. The molecule has 0 saturated heterocycles. The summed E-state index contributed by atoms with van der Waals surface area (Å²) >= 11 is 0. The number of hydrogen-bond donors (Lipinski definition) is 2. The van der Waals surface area contributed by atoms with Gasteiger partial charge in [0.25, 0.3) is 0 Å². The molecular formula is C14H23N3O3. The van der Waals surface area contributed by atoms with Crippen LogP contribution in [0.5, 0.6) is 0 Å². The molecule has 0 radical (unpaired) electrons. The Balaban J connectivity index is 2.46. The molecule has 0 aliphatic carbocycles. The Hall–Kier alpha value is -1.82. The first-order valence-electron chi connectivity index (χ1n) is 6.93. The molecule has 0 aliphatic heterocycles. The molecular weight excluding hydrogens is 258 g/mol. The van der Waals surface area contributed by atoms with Crippen LogP contribution in [0.1, 0.15) is 37.0 Å². The van der Waals surface area contributed by atoms with Crippen molar-refractivity contribution in [2.75, 3.05) is 37.4 Å². The van der Waals surface area contributed by atoms with Gasteiger partial charge in [-0.2, -0.15) is 0 Å². The summed E-state index contributed by atoms with van der Waals surface area (Å²) in [7, 11) is 0. The van der Waals surface area contributed by atoms with E-state index >= 15 is 0 Å². The Morgan fingerprint density at radius 2 is 2.20 bits per heavy atom. The number of carbonyl (C=O) groups excluding carboxylic acids is 1. The van der Waals surface area contributed by atoms with Gasteiger partial charge in [0.15, 0.2) is 0 Å². The number of nitrogens with two attached hydrogens (primary N) is 1. The lowest BCUT2D eigenvalue weighted by Crippen LogP contribution is -2.11. The third-order valence-corrected chi connectivity index (χ3v) is 2.55. The van der Waals surface area contributed by atoms with E-state index in [4.69, 9.17) is 15.2 Å². The maximum absolute atomic E-state index is 11.7. The molecule has 112 valence electrons. The number of nitrogens with one attached hydrogen (secondary N) is 1. The van der Waals surface area contributed by atoms with Gasteiger partial charge in [-0.1, -0.05) is 6.92 Å². The lowest BCUT2D eigenvalue weighted by atomic mass is 10.2. The van der Waals surface area contributed by atoms with Gasteiger partial charge in [-0.15, -0.1) is 0 Å². The van der Waals surface area contributed by atoms with Gasteiger partial charge >= 0.3 is 5.97 Å². The van der Waals surface area contributed by atoms with Crippen molar-refractivity contribution in [1.82, 2.24) is 4.98 Å². The van der Waals surface area contributed by atoms with Crippen LogP contribution >= 0.6 is 0 Å². The van der Waals surface area contributed by atoms with Gasteiger partial charge < -0.3 is 20.5 Å². The first-order valence-corrected chi connectivity index (χ1v) is 6.93. The number of nitrogen functional groups attached to an aromatic ring is 1. The van der Waals surface area contributed by atoms with E-state index in [9.17, 15) is 4.79 Å². The van der Waals surface area contributed by atoms with Crippen LogP contribution in [0.3, 0.4) is 0 Å². The number of nitrogens with zero attached hydrogens (tertiary/aromatic N) is 1. The number of aromatic nitrogens is 1. The van der Waals surface area contributed by atoms with Gasteiger partial charge in [0.2, 0.25) is 0 Å². The van der Waals surface area contributed by atoms with Crippen molar-refractivity contribution in [2.24, 2.45) is 0 Å². The Kier molecular flexibility index (Phi) is 7.42. The predicted molar refractivity (Wildman–Crippen MR) is 78.8 cm³/mol. The van der Waals surface area contributed by atoms with Crippen molar-refractivity contribution in [3.8, 4) is 0 Å².